The number of halogens is 1. The van der Waals surface area contributed by atoms with Gasteiger partial charge in [0.05, 0.1) is 11.9 Å². The zero-order valence-electron chi connectivity index (χ0n) is 9.54. The Bertz CT molecular complexity index is 337. The molecule has 2 atom stereocenters. The van der Waals surface area contributed by atoms with Gasteiger partial charge in [0.25, 0.3) is 0 Å². The number of pyridine rings is 1. The van der Waals surface area contributed by atoms with Crippen molar-refractivity contribution in [3.05, 3.63) is 22.9 Å². The second kappa shape index (κ2) is 5.64. The van der Waals surface area contributed by atoms with Crippen molar-refractivity contribution >= 4 is 21.6 Å². The van der Waals surface area contributed by atoms with Gasteiger partial charge in [-0.05, 0) is 60.8 Å². The molecule has 0 aromatic carbocycles. The van der Waals surface area contributed by atoms with Gasteiger partial charge in [0, 0.05) is 16.7 Å². The molecule has 88 valence electrons. The average Bonchev–Trinajstić information content (AvgIpc) is 2.30. The van der Waals surface area contributed by atoms with Crippen molar-refractivity contribution in [2.75, 3.05) is 18.4 Å². The van der Waals surface area contributed by atoms with E-state index in [1.165, 1.54) is 19.4 Å². The summed E-state index contributed by atoms with van der Waals surface area (Å²) in [6, 6.07) is 2.56. The van der Waals surface area contributed by atoms with Gasteiger partial charge >= 0.3 is 0 Å². The van der Waals surface area contributed by atoms with E-state index in [2.05, 4.69) is 44.5 Å². The van der Waals surface area contributed by atoms with Crippen LogP contribution in [0.1, 0.15) is 19.8 Å². The summed E-state index contributed by atoms with van der Waals surface area (Å²) in [5, 5.41) is 6.97. The summed E-state index contributed by atoms with van der Waals surface area (Å²) in [5.74, 6) is 0.715. The quantitative estimate of drug-likeness (QED) is 0.896. The van der Waals surface area contributed by atoms with E-state index < -0.39 is 0 Å². The van der Waals surface area contributed by atoms with Crippen LogP contribution in [0.15, 0.2) is 22.9 Å². The Hall–Kier alpha value is -0.610. The molecular weight excluding hydrogens is 266 g/mol. The second-order valence-electron chi connectivity index (χ2n) is 4.43. The Morgan fingerprint density at radius 3 is 3.12 bits per heavy atom. The standard InChI is InChI=1S/C12H18BrN3/c1-9(10-3-2-4-14-6-10)16-12-5-11(13)7-15-8-12/h5,7-10,14,16H,2-4,6H2,1H3. The van der Waals surface area contributed by atoms with Crippen molar-refractivity contribution in [2.45, 2.75) is 25.8 Å². The van der Waals surface area contributed by atoms with E-state index in [0.29, 0.717) is 12.0 Å². The van der Waals surface area contributed by atoms with Gasteiger partial charge in [-0.1, -0.05) is 0 Å². The first kappa shape index (κ1) is 11.9. The number of rotatable bonds is 3. The first-order valence-electron chi connectivity index (χ1n) is 5.83. The number of aromatic nitrogens is 1. The van der Waals surface area contributed by atoms with Crippen molar-refractivity contribution < 1.29 is 0 Å². The summed E-state index contributed by atoms with van der Waals surface area (Å²) in [7, 11) is 0. The maximum atomic E-state index is 4.16. The smallest absolute Gasteiger partial charge is 0.0540 e. The van der Waals surface area contributed by atoms with Crippen LogP contribution in [0.25, 0.3) is 0 Å². The van der Waals surface area contributed by atoms with E-state index in [1.807, 2.05) is 6.20 Å². The molecule has 2 N–H and O–H groups in total. The molecule has 2 heterocycles. The first-order valence-corrected chi connectivity index (χ1v) is 6.63. The summed E-state index contributed by atoms with van der Waals surface area (Å²) in [5.41, 5.74) is 1.09. The van der Waals surface area contributed by atoms with Crippen molar-refractivity contribution in [1.82, 2.24) is 10.3 Å². The normalized spacial score (nSPS) is 22.8. The minimum atomic E-state index is 0.490. The third-order valence-corrected chi connectivity index (χ3v) is 3.57. The Labute approximate surface area is 105 Å². The molecule has 2 rings (SSSR count). The van der Waals surface area contributed by atoms with Gasteiger partial charge in [-0.3, -0.25) is 4.98 Å². The summed E-state index contributed by atoms with van der Waals surface area (Å²) >= 11 is 3.43. The highest BCUT2D eigenvalue weighted by Gasteiger charge is 2.19. The Balaban J connectivity index is 1.93. The van der Waals surface area contributed by atoms with Crippen LogP contribution in [0, 0.1) is 5.92 Å². The molecule has 1 saturated heterocycles. The predicted molar refractivity (Wildman–Crippen MR) is 70.6 cm³/mol. The first-order chi connectivity index (χ1) is 7.75. The van der Waals surface area contributed by atoms with Crippen molar-refractivity contribution in [3.63, 3.8) is 0 Å². The summed E-state index contributed by atoms with van der Waals surface area (Å²) in [6.45, 7) is 4.54. The summed E-state index contributed by atoms with van der Waals surface area (Å²) < 4.78 is 1.02. The van der Waals surface area contributed by atoms with E-state index in [-0.39, 0.29) is 0 Å². The highest BCUT2D eigenvalue weighted by atomic mass is 79.9. The van der Waals surface area contributed by atoms with Crippen molar-refractivity contribution in [1.29, 1.82) is 0 Å². The van der Waals surface area contributed by atoms with Crippen LogP contribution < -0.4 is 10.6 Å². The van der Waals surface area contributed by atoms with Gasteiger partial charge in [0.1, 0.15) is 0 Å². The van der Waals surface area contributed by atoms with Crippen LogP contribution in [0.3, 0.4) is 0 Å². The van der Waals surface area contributed by atoms with Gasteiger partial charge in [-0.25, -0.2) is 0 Å². The molecule has 1 aliphatic rings. The Kier molecular flexibility index (Phi) is 4.18. The zero-order chi connectivity index (χ0) is 11.4. The number of nitrogens with zero attached hydrogens (tertiary/aromatic N) is 1. The zero-order valence-corrected chi connectivity index (χ0v) is 11.1. The van der Waals surface area contributed by atoms with Gasteiger partial charge in [-0.15, -0.1) is 0 Å². The van der Waals surface area contributed by atoms with Gasteiger partial charge < -0.3 is 10.6 Å². The topological polar surface area (TPSA) is 37.0 Å². The molecule has 4 heteroatoms. The van der Waals surface area contributed by atoms with Crippen LogP contribution in [0.4, 0.5) is 5.69 Å². The largest absolute Gasteiger partial charge is 0.381 e. The van der Waals surface area contributed by atoms with Gasteiger partial charge in [0.15, 0.2) is 0 Å². The SMILES string of the molecule is CC(Nc1cncc(Br)c1)C1CCCNC1. The molecule has 0 bridgehead atoms. The lowest BCUT2D eigenvalue weighted by molar-refractivity contribution is 0.347. The number of piperidine rings is 1. The molecule has 0 radical (unpaired) electrons. The number of anilines is 1. The van der Waals surface area contributed by atoms with E-state index in [0.717, 1.165) is 16.7 Å². The molecule has 2 unspecified atom stereocenters. The minimum Gasteiger partial charge on any atom is -0.381 e. The van der Waals surface area contributed by atoms with E-state index in [1.54, 1.807) is 6.20 Å². The van der Waals surface area contributed by atoms with E-state index in [4.69, 9.17) is 0 Å². The maximum Gasteiger partial charge on any atom is 0.0540 e. The molecule has 0 aliphatic carbocycles. The Morgan fingerprint density at radius 1 is 1.56 bits per heavy atom. The van der Waals surface area contributed by atoms with Crippen LogP contribution in [0.5, 0.6) is 0 Å². The lowest BCUT2D eigenvalue weighted by Crippen LogP contribution is -2.38. The third kappa shape index (κ3) is 3.19. The molecule has 0 saturated carbocycles. The minimum absolute atomic E-state index is 0.490. The number of nitrogens with one attached hydrogen (secondary N) is 2. The molecule has 1 aliphatic heterocycles. The van der Waals surface area contributed by atoms with Crippen LogP contribution in [-0.4, -0.2) is 24.1 Å². The lowest BCUT2D eigenvalue weighted by Gasteiger charge is -2.29. The summed E-state index contributed by atoms with van der Waals surface area (Å²) in [4.78, 5) is 4.16. The van der Waals surface area contributed by atoms with Crippen LogP contribution >= 0.6 is 15.9 Å². The van der Waals surface area contributed by atoms with Crippen molar-refractivity contribution in [2.24, 2.45) is 5.92 Å². The monoisotopic (exact) mass is 283 g/mol. The molecule has 3 nitrogen and oxygen atoms in total. The van der Waals surface area contributed by atoms with Gasteiger partial charge in [-0.2, -0.15) is 0 Å². The molecule has 1 aromatic rings. The molecular formula is C12H18BrN3. The van der Waals surface area contributed by atoms with Crippen LogP contribution in [-0.2, 0) is 0 Å². The van der Waals surface area contributed by atoms with Crippen molar-refractivity contribution in [3.8, 4) is 0 Å². The maximum absolute atomic E-state index is 4.16. The average molecular weight is 284 g/mol. The molecule has 0 amide bonds. The van der Waals surface area contributed by atoms with Crippen LogP contribution in [0.2, 0.25) is 0 Å². The fourth-order valence-electron chi connectivity index (χ4n) is 2.18. The number of hydrogen-bond acceptors (Lipinski definition) is 3. The second-order valence-corrected chi connectivity index (χ2v) is 5.35. The molecule has 1 fully saturated rings. The fourth-order valence-corrected chi connectivity index (χ4v) is 2.54. The molecule has 1 aromatic heterocycles. The Morgan fingerprint density at radius 2 is 2.44 bits per heavy atom. The molecule has 16 heavy (non-hydrogen) atoms. The van der Waals surface area contributed by atoms with E-state index >= 15 is 0 Å². The lowest BCUT2D eigenvalue weighted by atomic mass is 9.93. The highest BCUT2D eigenvalue weighted by molar-refractivity contribution is 9.10. The predicted octanol–water partition coefficient (Wildman–Crippen LogP) is 2.64. The third-order valence-electron chi connectivity index (χ3n) is 3.14. The summed E-state index contributed by atoms with van der Waals surface area (Å²) in [6.07, 6.45) is 6.27. The van der Waals surface area contributed by atoms with E-state index in [9.17, 15) is 0 Å². The number of hydrogen-bond donors (Lipinski definition) is 2. The molecule has 0 spiro atoms. The highest BCUT2D eigenvalue weighted by Crippen LogP contribution is 2.20. The fraction of sp³-hybridized carbons (Fsp3) is 0.583. The van der Waals surface area contributed by atoms with Gasteiger partial charge in [0.2, 0.25) is 0 Å².